The lowest BCUT2D eigenvalue weighted by Crippen LogP contribution is -2.43. The Morgan fingerprint density at radius 2 is 1.73 bits per heavy atom. The highest BCUT2D eigenvalue weighted by molar-refractivity contribution is 8.00. The average Bonchev–Trinajstić information content (AvgIpc) is 2.77. The Kier molecular flexibility index (Phi) is 7.08. The quantitative estimate of drug-likeness (QED) is 0.444. The molecule has 2 aromatic carbocycles. The van der Waals surface area contributed by atoms with E-state index in [0.29, 0.717) is 23.9 Å². The van der Waals surface area contributed by atoms with Crippen molar-refractivity contribution in [3.05, 3.63) is 64.6 Å². The van der Waals surface area contributed by atoms with Crippen molar-refractivity contribution in [3.8, 4) is 5.75 Å². The third-order valence-electron chi connectivity index (χ3n) is 4.20. The number of carbonyl (C=O) groups is 2. The highest BCUT2D eigenvalue weighted by atomic mass is 32.2. The van der Waals surface area contributed by atoms with Gasteiger partial charge in [-0.2, -0.15) is 5.10 Å². The number of nitrogens with zero attached hydrogens (tertiary/aromatic N) is 2. The standard InChI is InChI=1S/C21H22N4O4S/c1-3-25-21(28)17-8-6-5-7-16(17)19(24-25)20(27)23-22-18(26)13-30-15-11-9-14(10-12-15)29-4-2/h5-12H,3-4,13H2,1-2H3,(H,22,26)(H,23,27). The van der Waals surface area contributed by atoms with Gasteiger partial charge in [0.15, 0.2) is 5.69 Å². The zero-order valence-electron chi connectivity index (χ0n) is 16.7. The van der Waals surface area contributed by atoms with E-state index in [1.807, 2.05) is 31.2 Å². The number of fused-ring (bicyclic) bond motifs is 1. The van der Waals surface area contributed by atoms with Gasteiger partial charge in [-0.25, -0.2) is 4.68 Å². The second-order valence-electron chi connectivity index (χ2n) is 6.21. The van der Waals surface area contributed by atoms with Crippen molar-refractivity contribution in [1.29, 1.82) is 0 Å². The topological polar surface area (TPSA) is 102 Å². The number of thioether (sulfide) groups is 1. The van der Waals surface area contributed by atoms with Crippen LogP contribution >= 0.6 is 11.8 Å². The fourth-order valence-corrected chi connectivity index (χ4v) is 3.49. The molecule has 0 bridgehead atoms. The number of rotatable bonds is 7. The maximum Gasteiger partial charge on any atom is 0.290 e. The van der Waals surface area contributed by atoms with Gasteiger partial charge >= 0.3 is 0 Å². The van der Waals surface area contributed by atoms with Crippen molar-refractivity contribution >= 4 is 34.3 Å². The summed E-state index contributed by atoms with van der Waals surface area (Å²) in [5.74, 6) is -0.0634. The molecule has 0 saturated carbocycles. The molecule has 2 N–H and O–H groups in total. The molecule has 30 heavy (non-hydrogen) atoms. The summed E-state index contributed by atoms with van der Waals surface area (Å²) < 4.78 is 6.61. The molecule has 0 aliphatic rings. The van der Waals surface area contributed by atoms with E-state index in [-0.39, 0.29) is 22.9 Å². The lowest BCUT2D eigenvalue weighted by atomic mass is 10.1. The molecule has 9 heteroatoms. The van der Waals surface area contributed by atoms with Gasteiger partial charge in [0, 0.05) is 16.8 Å². The fraction of sp³-hybridized carbons (Fsp3) is 0.238. The van der Waals surface area contributed by atoms with Crippen LogP contribution in [0, 0.1) is 0 Å². The number of amides is 2. The summed E-state index contributed by atoms with van der Waals surface area (Å²) in [6.07, 6.45) is 0. The van der Waals surface area contributed by atoms with Gasteiger partial charge < -0.3 is 4.74 Å². The van der Waals surface area contributed by atoms with Crippen molar-refractivity contribution in [1.82, 2.24) is 20.6 Å². The molecule has 1 aromatic heterocycles. The van der Waals surface area contributed by atoms with E-state index < -0.39 is 5.91 Å². The molecule has 0 radical (unpaired) electrons. The number of hydrogen-bond acceptors (Lipinski definition) is 6. The van der Waals surface area contributed by atoms with Crippen LogP contribution in [0.2, 0.25) is 0 Å². The number of nitrogens with one attached hydrogen (secondary N) is 2. The van der Waals surface area contributed by atoms with Crippen molar-refractivity contribution in [2.24, 2.45) is 0 Å². The summed E-state index contributed by atoms with van der Waals surface area (Å²) in [7, 11) is 0. The Hall–Kier alpha value is -3.33. The zero-order chi connectivity index (χ0) is 21.5. The molecule has 1 heterocycles. The zero-order valence-corrected chi connectivity index (χ0v) is 17.5. The van der Waals surface area contributed by atoms with Crippen molar-refractivity contribution in [3.63, 3.8) is 0 Å². The molecule has 0 unspecified atom stereocenters. The van der Waals surface area contributed by atoms with Gasteiger partial charge in [-0.15, -0.1) is 11.8 Å². The Morgan fingerprint density at radius 3 is 2.40 bits per heavy atom. The van der Waals surface area contributed by atoms with Crippen LogP contribution in [0.15, 0.2) is 58.2 Å². The van der Waals surface area contributed by atoms with Crippen molar-refractivity contribution < 1.29 is 14.3 Å². The van der Waals surface area contributed by atoms with Crippen LogP contribution in [0.1, 0.15) is 24.3 Å². The monoisotopic (exact) mass is 426 g/mol. The number of hydrazine groups is 1. The third kappa shape index (κ3) is 4.98. The molecular weight excluding hydrogens is 404 g/mol. The number of ether oxygens (including phenoxy) is 1. The van der Waals surface area contributed by atoms with Gasteiger partial charge in [0.1, 0.15) is 5.75 Å². The van der Waals surface area contributed by atoms with E-state index >= 15 is 0 Å². The normalized spacial score (nSPS) is 10.6. The predicted molar refractivity (Wildman–Crippen MR) is 116 cm³/mol. The van der Waals surface area contributed by atoms with Crippen LogP contribution in [0.25, 0.3) is 10.8 Å². The van der Waals surface area contributed by atoms with Crippen LogP contribution in [0.5, 0.6) is 5.75 Å². The second kappa shape index (κ2) is 9.93. The molecule has 0 aliphatic heterocycles. The summed E-state index contributed by atoms with van der Waals surface area (Å²) in [6, 6.07) is 14.2. The molecule has 0 fully saturated rings. The van der Waals surface area contributed by atoms with Gasteiger partial charge in [0.05, 0.1) is 17.7 Å². The molecule has 3 aromatic rings. The number of hydrogen-bond donors (Lipinski definition) is 2. The largest absolute Gasteiger partial charge is 0.494 e. The maximum atomic E-state index is 12.6. The lowest BCUT2D eigenvalue weighted by Gasteiger charge is -2.11. The Balaban J connectivity index is 1.62. The highest BCUT2D eigenvalue weighted by Crippen LogP contribution is 2.21. The Labute approximate surface area is 177 Å². The van der Waals surface area contributed by atoms with E-state index in [4.69, 9.17) is 4.74 Å². The first-order valence-electron chi connectivity index (χ1n) is 9.48. The maximum absolute atomic E-state index is 12.6. The molecule has 3 rings (SSSR count). The first-order chi connectivity index (χ1) is 14.5. The summed E-state index contributed by atoms with van der Waals surface area (Å²) in [5.41, 5.74) is 4.57. The molecule has 156 valence electrons. The molecule has 0 spiro atoms. The summed E-state index contributed by atoms with van der Waals surface area (Å²) >= 11 is 1.33. The minimum atomic E-state index is -0.590. The lowest BCUT2D eigenvalue weighted by molar-refractivity contribution is -0.119. The SMILES string of the molecule is CCOc1ccc(SCC(=O)NNC(=O)c2nn(CC)c(=O)c3ccccc23)cc1. The highest BCUT2D eigenvalue weighted by Gasteiger charge is 2.16. The van der Waals surface area contributed by atoms with E-state index in [2.05, 4.69) is 16.0 Å². The van der Waals surface area contributed by atoms with Crippen LogP contribution < -0.4 is 21.1 Å². The van der Waals surface area contributed by atoms with Crippen LogP contribution in [0.4, 0.5) is 0 Å². The van der Waals surface area contributed by atoms with Gasteiger partial charge in [-0.05, 0) is 44.2 Å². The first kappa shape index (κ1) is 21.4. The number of aryl methyl sites for hydroxylation is 1. The molecule has 8 nitrogen and oxygen atoms in total. The fourth-order valence-electron chi connectivity index (χ4n) is 2.79. The molecular formula is C21H22N4O4S. The second-order valence-corrected chi connectivity index (χ2v) is 7.26. The smallest absolute Gasteiger partial charge is 0.290 e. The van der Waals surface area contributed by atoms with Gasteiger partial charge in [-0.3, -0.25) is 25.2 Å². The van der Waals surface area contributed by atoms with Gasteiger partial charge in [0.25, 0.3) is 11.5 Å². The minimum absolute atomic E-state index is 0.0755. The van der Waals surface area contributed by atoms with Gasteiger partial charge in [0.2, 0.25) is 5.91 Å². The molecule has 0 saturated heterocycles. The number of carbonyl (C=O) groups excluding carboxylic acids is 2. The van der Waals surface area contributed by atoms with Crippen LogP contribution in [-0.4, -0.2) is 34.0 Å². The van der Waals surface area contributed by atoms with E-state index in [1.54, 1.807) is 31.2 Å². The molecule has 0 aliphatic carbocycles. The van der Waals surface area contributed by atoms with Crippen LogP contribution in [0.3, 0.4) is 0 Å². The van der Waals surface area contributed by atoms with Gasteiger partial charge in [-0.1, -0.05) is 18.2 Å². The Bertz CT molecular complexity index is 1110. The number of aromatic nitrogens is 2. The molecule has 0 atom stereocenters. The Morgan fingerprint density at radius 1 is 1.03 bits per heavy atom. The van der Waals surface area contributed by atoms with Crippen molar-refractivity contribution in [2.45, 2.75) is 25.3 Å². The first-order valence-corrected chi connectivity index (χ1v) is 10.5. The summed E-state index contributed by atoms with van der Waals surface area (Å²) in [4.78, 5) is 38.0. The van der Waals surface area contributed by atoms with Crippen molar-refractivity contribution in [2.75, 3.05) is 12.4 Å². The van der Waals surface area contributed by atoms with E-state index in [0.717, 1.165) is 10.6 Å². The van der Waals surface area contributed by atoms with E-state index in [9.17, 15) is 14.4 Å². The summed E-state index contributed by atoms with van der Waals surface area (Å²) in [6.45, 7) is 4.60. The van der Waals surface area contributed by atoms with E-state index in [1.165, 1.54) is 16.4 Å². The molecule has 2 amide bonds. The summed E-state index contributed by atoms with van der Waals surface area (Å²) in [5, 5.41) is 4.97. The minimum Gasteiger partial charge on any atom is -0.494 e. The van der Waals surface area contributed by atoms with Crippen LogP contribution in [-0.2, 0) is 11.3 Å². The predicted octanol–water partition coefficient (Wildman–Crippen LogP) is 2.37. The third-order valence-corrected chi connectivity index (χ3v) is 5.21. The average molecular weight is 426 g/mol. The number of benzene rings is 2.